The molecule has 3 rings (SSSR count). The minimum atomic E-state index is -0.109. The topological polar surface area (TPSA) is 56.9 Å². The van der Waals surface area contributed by atoms with Crippen molar-refractivity contribution in [2.45, 2.75) is 12.8 Å². The Morgan fingerprint density at radius 2 is 1.61 bits per heavy atom. The molecule has 2 amide bonds. The van der Waals surface area contributed by atoms with Crippen molar-refractivity contribution in [2.24, 2.45) is 0 Å². The van der Waals surface area contributed by atoms with Crippen molar-refractivity contribution in [1.82, 2.24) is 15.6 Å². The summed E-state index contributed by atoms with van der Waals surface area (Å²) in [6, 6.07) is 18.4. The fourth-order valence-electron chi connectivity index (χ4n) is 2.60. The molecule has 4 heteroatoms. The summed E-state index contributed by atoms with van der Waals surface area (Å²) in [5.41, 5.74) is 3.58. The maximum atomic E-state index is 11.8. The van der Waals surface area contributed by atoms with Crippen LogP contribution in [0.15, 0.2) is 60.8 Å². The van der Waals surface area contributed by atoms with Crippen molar-refractivity contribution in [1.29, 1.82) is 0 Å². The zero-order chi connectivity index (χ0) is 15.9. The van der Waals surface area contributed by atoms with Gasteiger partial charge in [-0.15, -0.1) is 0 Å². The predicted octanol–water partition coefficient (Wildman–Crippen LogP) is 3.25. The third-order valence-electron chi connectivity index (χ3n) is 3.86. The average molecular weight is 307 g/mol. The summed E-state index contributed by atoms with van der Waals surface area (Å²) in [4.78, 5) is 15.0. The number of rotatable bonds is 6. The Labute approximate surface area is 135 Å². The van der Waals surface area contributed by atoms with Gasteiger partial charge in [-0.05, 0) is 41.5 Å². The maximum Gasteiger partial charge on any atom is 0.314 e. The number of carbonyl (C=O) groups excluding carboxylic acids is 1. The smallest absolute Gasteiger partial charge is 0.314 e. The van der Waals surface area contributed by atoms with E-state index in [-0.39, 0.29) is 6.03 Å². The van der Waals surface area contributed by atoms with Gasteiger partial charge in [0.1, 0.15) is 0 Å². The first-order valence-corrected chi connectivity index (χ1v) is 7.93. The molecule has 118 valence electrons. The summed E-state index contributed by atoms with van der Waals surface area (Å²) >= 11 is 0. The van der Waals surface area contributed by atoms with Crippen LogP contribution < -0.4 is 10.6 Å². The molecule has 2 aromatic carbocycles. The van der Waals surface area contributed by atoms with Crippen molar-refractivity contribution in [2.75, 3.05) is 13.1 Å². The van der Waals surface area contributed by atoms with E-state index in [1.165, 1.54) is 16.5 Å². The summed E-state index contributed by atoms with van der Waals surface area (Å²) < 4.78 is 0. The summed E-state index contributed by atoms with van der Waals surface area (Å²) in [6.45, 7) is 1.27. The van der Waals surface area contributed by atoms with E-state index in [1.54, 1.807) is 0 Å². The SMILES string of the molecule is O=C(NCCc1ccccc1)NCCc1ccc2cc[nH]c2c1. The van der Waals surface area contributed by atoms with Gasteiger partial charge >= 0.3 is 6.03 Å². The maximum absolute atomic E-state index is 11.8. The highest BCUT2D eigenvalue weighted by molar-refractivity contribution is 5.79. The van der Waals surface area contributed by atoms with Crippen LogP contribution in [0.1, 0.15) is 11.1 Å². The van der Waals surface area contributed by atoms with Gasteiger partial charge in [0.25, 0.3) is 0 Å². The molecule has 0 radical (unpaired) electrons. The first-order valence-electron chi connectivity index (χ1n) is 7.93. The summed E-state index contributed by atoms with van der Waals surface area (Å²) in [6.07, 6.45) is 3.60. The lowest BCUT2D eigenvalue weighted by atomic mass is 10.1. The van der Waals surface area contributed by atoms with E-state index in [0.717, 1.165) is 18.4 Å². The standard InChI is InChI=1S/C19H21N3O/c23-19(21-11-8-15-4-2-1-3-5-15)22-12-9-16-6-7-17-10-13-20-18(17)14-16/h1-7,10,13-14,20H,8-9,11-12H2,(H2,21,22,23). The Morgan fingerprint density at radius 3 is 2.39 bits per heavy atom. The molecular weight excluding hydrogens is 286 g/mol. The molecule has 3 N–H and O–H groups in total. The first kappa shape index (κ1) is 15.2. The molecule has 0 saturated carbocycles. The molecule has 23 heavy (non-hydrogen) atoms. The second-order valence-electron chi connectivity index (χ2n) is 5.57. The second-order valence-corrected chi connectivity index (χ2v) is 5.57. The number of hydrogen-bond donors (Lipinski definition) is 3. The van der Waals surface area contributed by atoms with Crippen LogP contribution in [0.5, 0.6) is 0 Å². The fraction of sp³-hybridized carbons (Fsp3) is 0.211. The minimum Gasteiger partial charge on any atom is -0.361 e. The van der Waals surface area contributed by atoms with Gasteiger partial charge in [-0.1, -0.05) is 42.5 Å². The molecule has 0 aliphatic heterocycles. The number of hydrogen-bond acceptors (Lipinski definition) is 1. The van der Waals surface area contributed by atoms with E-state index in [0.29, 0.717) is 13.1 Å². The molecule has 4 nitrogen and oxygen atoms in total. The summed E-state index contributed by atoms with van der Waals surface area (Å²) in [5, 5.41) is 6.99. The number of amides is 2. The number of urea groups is 1. The van der Waals surface area contributed by atoms with Gasteiger partial charge in [0.05, 0.1) is 0 Å². The molecule has 0 aliphatic rings. The van der Waals surface area contributed by atoms with E-state index in [4.69, 9.17) is 0 Å². The van der Waals surface area contributed by atoms with Crippen molar-refractivity contribution >= 4 is 16.9 Å². The van der Waals surface area contributed by atoms with Crippen molar-refractivity contribution < 1.29 is 4.79 Å². The van der Waals surface area contributed by atoms with E-state index in [1.807, 2.05) is 24.4 Å². The Kier molecular flexibility index (Phi) is 4.94. The van der Waals surface area contributed by atoms with Gasteiger partial charge in [-0.2, -0.15) is 0 Å². The minimum absolute atomic E-state index is 0.109. The predicted molar refractivity (Wildman–Crippen MR) is 93.6 cm³/mol. The first-order chi connectivity index (χ1) is 11.3. The van der Waals surface area contributed by atoms with Crippen molar-refractivity contribution in [3.8, 4) is 0 Å². The quantitative estimate of drug-likeness (QED) is 0.643. The number of aromatic amines is 1. The lowest BCUT2D eigenvalue weighted by Crippen LogP contribution is -2.37. The highest BCUT2D eigenvalue weighted by atomic mass is 16.2. The summed E-state index contributed by atoms with van der Waals surface area (Å²) in [7, 11) is 0. The number of H-pyrrole nitrogens is 1. The molecular formula is C19H21N3O. The van der Waals surface area contributed by atoms with Crippen molar-refractivity contribution in [3.05, 3.63) is 71.9 Å². The second kappa shape index (κ2) is 7.49. The van der Waals surface area contributed by atoms with Gasteiger partial charge in [0, 0.05) is 24.8 Å². The largest absolute Gasteiger partial charge is 0.361 e. The van der Waals surface area contributed by atoms with Crippen LogP contribution in [-0.2, 0) is 12.8 Å². The molecule has 0 saturated heterocycles. The normalized spacial score (nSPS) is 10.6. The highest BCUT2D eigenvalue weighted by Crippen LogP contribution is 2.14. The molecule has 0 atom stereocenters. The molecule has 1 aromatic heterocycles. The Hall–Kier alpha value is -2.75. The van der Waals surface area contributed by atoms with Crippen molar-refractivity contribution in [3.63, 3.8) is 0 Å². The van der Waals surface area contributed by atoms with Crippen LogP contribution in [0.25, 0.3) is 10.9 Å². The van der Waals surface area contributed by atoms with E-state index in [2.05, 4.69) is 52.0 Å². The van der Waals surface area contributed by atoms with Gasteiger partial charge in [0.15, 0.2) is 0 Å². The Morgan fingerprint density at radius 1 is 0.870 bits per heavy atom. The lowest BCUT2D eigenvalue weighted by Gasteiger charge is -2.08. The van der Waals surface area contributed by atoms with Gasteiger partial charge < -0.3 is 15.6 Å². The molecule has 0 spiro atoms. The molecule has 0 bridgehead atoms. The van der Waals surface area contributed by atoms with Crippen LogP contribution in [0.3, 0.4) is 0 Å². The number of nitrogens with one attached hydrogen (secondary N) is 3. The summed E-state index contributed by atoms with van der Waals surface area (Å²) in [5.74, 6) is 0. The lowest BCUT2D eigenvalue weighted by molar-refractivity contribution is 0.241. The molecule has 0 unspecified atom stereocenters. The number of fused-ring (bicyclic) bond motifs is 1. The van der Waals surface area contributed by atoms with Gasteiger partial charge in [-0.25, -0.2) is 4.79 Å². The van der Waals surface area contributed by atoms with Crippen LogP contribution in [0.4, 0.5) is 4.79 Å². The molecule has 1 heterocycles. The van der Waals surface area contributed by atoms with Crippen LogP contribution in [-0.4, -0.2) is 24.1 Å². The van der Waals surface area contributed by atoms with E-state index < -0.39 is 0 Å². The Balaban J connectivity index is 1.37. The van der Waals surface area contributed by atoms with Crippen LogP contribution in [0.2, 0.25) is 0 Å². The number of benzene rings is 2. The molecule has 0 aliphatic carbocycles. The third-order valence-corrected chi connectivity index (χ3v) is 3.86. The van der Waals surface area contributed by atoms with Crippen LogP contribution >= 0.6 is 0 Å². The fourth-order valence-corrected chi connectivity index (χ4v) is 2.60. The van der Waals surface area contributed by atoms with E-state index >= 15 is 0 Å². The van der Waals surface area contributed by atoms with Gasteiger partial charge in [0.2, 0.25) is 0 Å². The Bertz CT molecular complexity index is 764. The third kappa shape index (κ3) is 4.36. The highest BCUT2D eigenvalue weighted by Gasteiger charge is 2.01. The van der Waals surface area contributed by atoms with Crippen LogP contribution in [0, 0.1) is 0 Å². The van der Waals surface area contributed by atoms with Gasteiger partial charge in [-0.3, -0.25) is 0 Å². The average Bonchev–Trinajstić information content (AvgIpc) is 3.03. The van der Waals surface area contributed by atoms with E-state index in [9.17, 15) is 4.79 Å². The zero-order valence-electron chi connectivity index (χ0n) is 13.0. The number of carbonyl (C=O) groups is 1. The molecule has 0 fully saturated rings. The molecule has 3 aromatic rings. The zero-order valence-corrected chi connectivity index (χ0v) is 13.0. The monoisotopic (exact) mass is 307 g/mol. The number of aromatic nitrogens is 1.